The van der Waals surface area contributed by atoms with Crippen LogP contribution in [0.3, 0.4) is 0 Å². The Kier molecular flexibility index (Phi) is 3.65. The molecule has 126 valence electrons. The van der Waals surface area contributed by atoms with E-state index in [1.54, 1.807) is 23.1 Å². The van der Waals surface area contributed by atoms with Gasteiger partial charge in [0, 0.05) is 11.3 Å². The fourth-order valence-corrected chi connectivity index (χ4v) is 2.88. The first-order chi connectivity index (χ1) is 12.0. The van der Waals surface area contributed by atoms with Crippen molar-refractivity contribution in [2.75, 3.05) is 10.6 Å². The van der Waals surface area contributed by atoms with Crippen molar-refractivity contribution in [3.8, 4) is 5.88 Å². The number of nitrogens with zero attached hydrogens (tertiary/aromatic N) is 3. The molecule has 1 aliphatic rings. The molecule has 1 unspecified atom stereocenters. The van der Waals surface area contributed by atoms with Crippen molar-refractivity contribution in [1.29, 1.82) is 0 Å². The van der Waals surface area contributed by atoms with Crippen LogP contribution in [-0.4, -0.2) is 9.97 Å². The summed E-state index contributed by atoms with van der Waals surface area (Å²) in [5, 5.41) is -0.0424. The predicted molar refractivity (Wildman–Crippen MR) is 89.8 cm³/mol. The van der Waals surface area contributed by atoms with Gasteiger partial charge < -0.3 is 10.5 Å². The van der Waals surface area contributed by atoms with Crippen LogP contribution in [0.1, 0.15) is 11.8 Å². The van der Waals surface area contributed by atoms with E-state index in [0.29, 0.717) is 16.9 Å². The first-order valence-electron chi connectivity index (χ1n) is 7.31. The van der Waals surface area contributed by atoms with E-state index in [2.05, 4.69) is 9.97 Å². The predicted octanol–water partition coefficient (Wildman–Crippen LogP) is 4.22. The Morgan fingerprint density at radius 3 is 2.56 bits per heavy atom. The average Bonchev–Trinajstić information content (AvgIpc) is 2.99. The largest absolute Gasteiger partial charge is 0.447 e. The van der Waals surface area contributed by atoms with Crippen molar-refractivity contribution < 1.29 is 13.5 Å². The number of hydrogen-bond donors (Lipinski definition) is 1. The molecule has 1 aliphatic heterocycles. The third-order valence-corrected chi connectivity index (χ3v) is 4.14. The van der Waals surface area contributed by atoms with Crippen molar-refractivity contribution in [2.45, 2.75) is 6.23 Å². The smallest absolute Gasteiger partial charge is 0.245 e. The van der Waals surface area contributed by atoms with Crippen LogP contribution in [0.25, 0.3) is 0 Å². The van der Waals surface area contributed by atoms with E-state index >= 15 is 0 Å². The third kappa shape index (κ3) is 2.62. The Morgan fingerprint density at radius 2 is 1.84 bits per heavy atom. The Hall–Kier alpha value is -2.93. The number of fused-ring (bicyclic) bond motifs is 1. The SMILES string of the molecule is Nc1ncnc2c1N(c1ccc(F)c(Cl)c1)C(c1ccc(F)cc1)O2. The van der Waals surface area contributed by atoms with Gasteiger partial charge in [-0.1, -0.05) is 23.7 Å². The first kappa shape index (κ1) is 15.6. The second kappa shape index (κ2) is 5.86. The Labute approximate surface area is 146 Å². The van der Waals surface area contributed by atoms with Crippen molar-refractivity contribution in [1.82, 2.24) is 9.97 Å². The molecule has 0 saturated carbocycles. The van der Waals surface area contributed by atoms with Crippen molar-refractivity contribution >= 4 is 28.8 Å². The van der Waals surface area contributed by atoms with Gasteiger partial charge in [-0.3, -0.25) is 4.90 Å². The number of rotatable bonds is 2. The summed E-state index contributed by atoms with van der Waals surface area (Å²) in [7, 11) is 0. The van der Waals surface area contributed by atoms with E-state index < -0.39 is 12.0 Å². The van der Waals surface area contributed by atoms with Gasteiger partial charge in [0.05, 0.1) is 5.02 Å². The number of nitrogens with two attached hydrogens (primary N) is 1. The molecule has 0 bridgehead atoms. The lowest BCUT2D eigenvalue weighted by molar-refractivity contribution is 0.232. The number of anilines is 3. The van der Waals surface area contributed by atoms with Crippen molar-refractivity contribution in [2.24, 2.45) is 0 Å². The monoisotopic (exact) mass is 360 g/mol. The summed E-state index contributed by atoms with van der Waals surface area (Å²) in [6.45, 7) is 0. The molecule has 1 atom stereocenters. The Balaban J connectivity index is 1.88. The maximum absolute atomic E-state index is 13.6. The van der Waals surface area contributed by atoms with E-state index in [9.17, 15) is 8.78 Å². The highest BCUT2D eigenvalue weighted by atomic mass is 35.5. The van der Waals surface area contributed by atoms with Crippen LogP contribution in [0.4, 0.5) is 26.0 Å². The highest BCUT2D eigenvalue weighted by molar-refractivity contribution is 6.31. The summed E-state index contributed by atoms with van der Waals surface area (Å²) in [4.78, 5) is 9.78. The average molecular weight is 361 g/mol. The minimum atomic E-state index is -0.670. The topological polar surface area (TPSA) is 64.3 Å². The molecular formula is C17H11ClF2N4O. The van der Waals surface area contributed by atoms with Crippen LogP contribution >= 0.6 is 11.6 Å². The molecule has 2 heterocycles. The normalized spacial score (nSPS) is 15.8. The quantitative estimate of drug-likeness (QED) is 0.741. The lowest BCUT2D eigenvalue weighted by atomic mass is 10.1. The lowest BCUT2D eigenvalue weighted by Crippen LogP contribution is -2.23. The second-order valence-electron chi connectivity index (χ2n) is 5.40. The molecule has 0 spiro atoms. The maximum atomic E-state index is 13.6. The van der Waals surface area contributed by atoms with Crippen LogP contribution in [0.2, 0.25) is 5.02 Å². The van der Waals surface area contributed by atoms with Crippen LogP contribution in [0.5, 0.6) is 5.88 Å². The molecular weight excluding hydrogens is 350 g/mol. The summed E-state index contributed by atoms with van der Waals surface area (Å²) < 4.78 is 32.7. The van der Waals surface area contributed by atoms with E-state index in [0.717, 1.165) is 0 Å². The molecule has 4 rings (SSSR count). The number of ether oxygens (including phenoxy) is 1. The number of halogens is 3. The molecule has 0 saturated heterocycles. The molecule has 0 radical (unpaired) electrons. The van der Waals surface area contributed by atoms with Gasteiger partial charge in [0.1, 0.15) is 18.0 Å². The molecule has 3 aromatic rings. The fourth-order valence-electron chi connectivity index (χ4n) is 2.71. The highest BCUT2D eigenvalue weighted by Gasteiger charge is 2.37. The fraction of sp³-hybridized carbons (Fsp3) is 0.0588. The molecule has 5 nitrogen and oxygen atoms in total. The third-order valence-electron chi connectivity index (χ3n) is 3.85. The van der Waals surface area contributed by atoms with Crippen LogP contribution < -0.4 is 15.4 Å². The molecule has 0 fully saturated rings. The summed E-state index contributed by atoms with van der Waals surface area (Å²) in [5.41, 5.74) is 7.64. The lowest BCUT2D eigenvalue weighted by Gasteiger charge is -2.26. The molecule has 2 aromatic carbocycles. The second-order valence-corrected chi connectivity index (χ2v) is 5.81. The molecule has 8 heteroatoms. The number of benzene rings is 2. The minimum Gasteiger partial charge on any atom is -0.447 e. The van der Waals surface area contributed by atoms with Gasteiger partial charge >= 0.3 is 0 Å². The van der Waals surface area contributed by atoms with Gasteiger partial charge in [-0.25, -0.2) is 13.8 Å². The van der Waals surface area contributed by atoms with Crippen LogP contribution in [0.15, 0.2) is 48.8 Å². The Morgan fingerprint density at radius 1 is 1.08 bits per heavy atom. The molecule has 25 heavy (non-hydrogen) atoms. The van der Waals surface area contributed by atoms with Crippen molar-refractivity contribution in [3.63, 3.8) is 0 Å². The molecule has 0 amide bonds. The van der Waals surface area contributed by atoms with Crippen LogP contribution in [-0.2, 0) is 0 Å². The van der Waals surface area contributed by atoms with Gasteiger partial charge in [0.2, 0.25) is 12.1 Å². The summed E-state index contributed by atoms with van der Waals surface area (Å²) in [6, 6.07) is 10.1. The van der Waals surface area contributed by atoms with Gasteiger partial charge in [0.25, 0.3) is 0 Å². The zero-order valence-corrected chi connectivity index (χ0v) is 13.4. The van der Waals surface area contributed by atoms with E-state index in [1.807, 2.05) is 0 Å². The van der Waals surface area contributed by atoms with Crippen molar-refractivity contribution in [3.05, 3.63) is 71.0 Å². The van der Waals surface area contributed by atoms with Crippen LogP contribution in [0, 0.1) is 11.6 Å². The van der Waals surface area contributed by atoms with E-state index in [1.165, 1.54) is 30.6 Å². The number of nitrogen functional groups attached to an aromatic ring is 1. The van der Waals surface area contributed by atoms with E-state index in [4.69, 9.17) is 22.1 Å². The highest BCUT2D eigenvalue weighted by Crippen LogP contribution is 2.49. The van der Waals surface area contributed by atoms with Gasteiger partial charge in [-0.05, 0) is 30.3 Å². The van der Waals surface area contributed by atoms with Gasteiger partial charge in [0.15, 0.2) is 11.5 Å². The molecule has 1 aromatic heterocycles. The zero-order valence-electron chi connectivity index (χ0n) is 12.7. The summed E-state index contributed by atoms with van der Waals surface area (Å²) in [6.07, 6.45) is 0.618. The number of aromatic nitrogens is 2. The van der Waals surface area contributed by atoms with Gasteiger partial charge in [-0.2, -0.15) is 4.98 Å². The molecule has 2 N–H and O–H groups in total. The zero-order chi connectivity index (χ0) is 17.6. The maximum Gasteiger partial charge on any atom is 0.245 e. The summed E-state index contributed by atoms with van der Waals surface area (Å²) >= 11 is 5.92. The molecule has 0 aliphatic carbocycles. The summed E-state index contributed by atoms with van der Waals surface area (Å²) in [5.74, 6) is -0.423. The standard InChI is InChI=1S/C17H11ClF2N4O/c18-12-7-11(5-6-13(12)20)24-14-15(21)22-8-23-16(14)25-17(24)9-1-3-10(19)4-2-9/h1-8,17H,(H2,21,22,23). The van der Waals surface area contributed by atoms with Gasteiger partial charge in [-0.15, -0.1) is 0 Å². The Bertz CT molecular complexity index is 952. The van der Waals surface area contributed by atoms with E-state index in [-0.39, 0.29) is 22.5 Å². The minimum absolute atomic E-state index is 0.0424. The number of hydrogen-bond acceptors (Lipinski definition) is 5. The first-order valence-corrected chi connectivity index (χ1v) is 7.69.